The molecule has 122 valence electrons. The average Bonchev–Trinajstić information content (AvgIpc) is 3.03. The summed E-state index contributed by atoms with van der Waals surface area (Å²) in [7, 11) is 1.93. The van der Waals surface area contributed by atoms with E-state index in [2.05, 4.69) is 10.3 Å². The molecule has 23 heavy (non-hydrogen) atoms. The van der Waals surface area contributed by atoms with Crippen molar-refractivity contribution in [2.45, 2.75) is 19.4 Å². The zero-order valence-electron chi connectivity index (χ0n) is 13.4. The lowest BCUT2D eigenvalue weighted by Gasteiger charge is -2.17. The highest BCUT2D eigenvalue weighted by Gasteiger charge is 2.25. The van der Waals surface area contributed by atoms with Gasteiger partial charge in [0, 0.05) is 26.1 Å². The summed E-state index contributed by atoms with van der Waals surface area (Å²) in [5, 5.41) is 3.75. The molecule has 1 saturated heterocycles. The summed E-state index contributed by atoms with van der Waals surface area (Å²) in [4.78, 5) is 30.9. The van der Waals surface area contributed by atoms with Gasteiger partial charge in [-0.05, 0) is 38.1 Å². The van der Waals surface area contributed by atoms with Crippen LogP contribution in [0.25, 0.3) is 10.9 Å². The predicted molar refractivity (Wildman–Crippen MR) is 89.2 cm³/mol. The predicted octanol–water partition coefficient (Wildman–Crippen LogP) is 0.854. The van der Waals surface area contributed by atoms with Crippen LogP contribution >= 0.6 is 0 Å². The van der Waals surface area contributed by atoms with E-state index in [0.29, 0.717) is 29.8 Å². The van der Waals surface area contributed by atoms with Crippen molar-refractivity contribution in [3.05, 3.63) is 40.9 Å². The van der Waals surface area contributed by atoms with Crippen LogP contribution in [0.15, 0.2) is 35.4 Å². The highest BCUT2D eigenvalue weighted by atomic mass is 16.2. The van der Waals surface area contributed by atoms with Gasteiger partial charge in [-0.3, -0.25) is 14.2 Å². The van der Waals surface area contributed by atoms with E-state index in [0.717, 1.165) is 26.1 Å². The molecule has 1 unspecified atom stereocenters. The first kappa shape index (κ1) is 15.7. The number of carbonyl (C=O) groups excluding carboxylic acids is 1. The number of aromatic nitrogens is 2. The van der Waals surface area contributed by atoms with Gasteiger partial charge in [0.15, 0.2) is 0 Å². The van der Waals surface area contributed by atoms with Gasteiger partial charge in [0.1, 0.15) is 0 Å². The lowest BCUT2D eigenvalue weighted by atomic mass is 10.1. The monoisotopic (exact) mass is 314 g/mol. The summed E-state index contributed by atoms with van der Waals surface area (Å²) >= 11 is 0. The molecule has 3 rings (SSSR count). The maximum Gasteiger partial charge on any atom is 0.261 e. The number of hydrogen-bond donors (Lipinski definition) is 1. The van der Waals surface area contributed by atoms with Crippen LogP contribution < -0.4 is 10.9 Å². The first-order chi connectivity index (χ1) is 11.2. The van der Waals surface area contributed by atoms with Crippen LogP contribution in [0.4, 0.5) is 0 Å². The maximum atomic E-state index is 12.4. The van der Waals surface area contributed by atoms with Crippen LogP contribution in [0.5, 0.6) is 0 Å². The number of benzene rings is 1. The Morgan fingerprint density at radius 1 is 1.39 bits per heavy atom. The zero-order chi connectivity index (χ0) is 16.2. The molecule has 1 N–H and O–H groups in total. The Morgan fingerprint density at radius 2 is 2.22 bits per heavy atom. The molecule has 2 heterocycles. The quantitative estimate of drug-likeness (QED) is 0.889. The molecule has 1 aromatic heterocycles. The summed E-state index contributed by atoms with van der Waals surface area (Å²) in [6, 6.07) is 7.27. The molecule has 0 radical (unpaired) electrons. The third-order valence-electron chi connectivity index (χ3n) is 4.43. The van der Waals surface area contributed by atoms with Crippen molar-refractivity contribution in [3.8, 4) is 0 Å². The van der Waals surface area contributed by atoms with Gasteiger partial charge < -0.3 is 10.2 Å². The second kappa shape index (κ2) is 6.91. The summed E-state index contributed by atoms with van der Waals surface area (Å²) in [6.45, 7) is 2.95. The lowest BCUT2D eigenvalue weighted by Crippen LogP contribution is -2.32. The summed E-state index contributed by atoms with van der Waals surface area (Å²) in [6.07, 6.45) is 2.92. The van der Waals surface area contributed by atoms with Crippen molar-refractivity contribution in [2.75, 3.05) is 26.7 Å². The normalized spacial score (nSPS) is 17.8. The molecule has 1 aliphatic rings. The van der Waals surface area contributed by atoms with Gasteiger partial charge in [-0.15, -0.1) is 0 Å². The number of carbonyl (C=O) groups is 1. The summed E-state index contributed by atoms with van der Waals surface area (Å²) < 4.78 is 1.53. The van der Waals surface area contributed by atoms with Gasteiger partial charge in [-0.25, -0.2) is 4.98 Å². The fourth-order valence-electron chi connectivity index (χ4n) is 3.15. The second-order valence-electron chi connectivity index (χ2n) is 6.06. The second-order valence-corrected chi connectivity index (χ2v) is 6.06. The van der Waals surface area contributed by atoms with Crippen LogP contribution in [0.3, 0.4) is 0 Å². The van der Waals surface area contributed by atoms with E-state index >= 15 is 0 Å². The topological polar surface area (TPSA) is 67.2 Å². The summed E-state index contributed by atoms with van der Waals surface area (Å²) in [5.74, 6) is 0.651. The Morgan fingerprint density at radius 3 is 3.04 bits per heavy atom. The Balaban J connectivity index is 1.63. The minimum absolute atomic E-state index is 0.0853. The van der Waals surface area contributed by atoms with Gasteiger partial charge >= 0.3 is 0 Å². The summed E-state index contributed by atoms with van der Waals surface area (Å²) in [5.41, 5.74) is 0.604. The third-order valence-corrected chi connectivity index (χ3v) is 4.43. The molecule has 2 aromatic rings. The molecule has 1 aliphatic heterocycles. The maximum absolute atomic E-state index is 12.4. The van der Waals surface area contributed by atoms with E-state index in [1.165, 1.54) is 10.9 Å². The number of para-hydroxylation sites is 1. The zero-order valence-corrected chi connectivity index (χ0v) is 13.4. The van der Waals surface area contributed by atoms with Crippen LogP contribution in [-0.4, -0.2) is 47.0 Å². The van der Waals surface area contributed by atoms with Gasteiger partial charge in [-0.1, -0.05) is 12.1 Å². The molecule has 6 heteroatoms. The fourth-order valence-corrected chi connectivity index (χ4v) is 3.15. The van der Waals surface area contributed by atoms with Crippen molar-refractivity contribution in [2.24, 2.45) is 5.92 Å². The molecule has 1 amide bonds. The minimum Gasteiger partial charge on any atom is -0.342 e. The van der Waals surface area contributed by atoms with E-state index in [9.17, 15) is 9.59 Å². The molecule has 0 aliphatic carbocycles. The number of likely N-dealkylation sites (tertiary alicyclic amines) is 1. The van der Waals surface area contributed by atoms with Crippen LogP contribution in [0, 0.1) is 5.92 Å². The number of fused-ring (bicyclic) bond motifs is 1. The van der Waals surface area contributed by atoms with Crippen LogP contribution in [-0.2, 0) is 11.3 Å². The average molecular weight is 314 g/mol. The SMILES string of the molecule is CNCC1CCN(C(=O)CCn2cnc3ccccc3c2=O)C1. The molecule has 1 fully saturated rings. The number of amides is 1. The first-order valence-corrected chi connectivity index (χ1v) is 8.05. The van der Waals surface area contributed by atoms with Gasteiger partial charge in [0.2, 0.25) is 5.91 Å². The van der Waals surface area contributed by atoms with Crippen molar-refractivity contribution < 1.29 is 4.79 Å². The van der Waals surface area contributed by atoms with Gasteiger partial charge in [0.05, 0.1) is 17.2 Å². The highest BCUT2D eigenvalue weighted by Crippen LogP contribution is 2.16. The van der Waals surface area contributed by atoms with Crippen molar-refractivity contribution in [1.29, 1.82) is 0 Å². The van der Waals surface area contributed by atoms with Gasteiger partial charge in [0.25, 0.3) is 5.56 Å². The molecular formula is C17H22N4O2. The van der Waals surface area contributed by atoms with Crippen molar-refractivity contribution in [3.63, 3.8) is 0 Å². The molecule has 0 saturated carbocycles. The lowest BCUT2D eigenvalue weighted by molar-refractivity contribution is -0.130. The molecule has 6 nitrogen and oxygen atoms in total. The minimum atomic E-state index is -0.0853. The van der Waals surface area contributed by atoms with Crippen LogP contribution in [0.1, 0.15) is 12.8 Å². The number of nitrogens with one attached hydrogen (secondary N) is 1. The Labute approximate surface area is 135 Å². The highest BCUT2D eigenvalue weighted by molar-refractivity contribution is 5.77. The fraction of sp³-hybridized carbons (Fsp3) is 0.471. The van der Waals surface area contributed by atoms with E-state index in [1.54, 1.807) is 6.07 Å². The van der Waals surface area contributed by atoms with E-state index in [4.69, 9.17) is 0 Å². The van der Waals surface area contributed by atoms with E-state index in [1.807, 2.05) is 30.1 Å². The largest absolute Gasteiger partial charge is 0.342 e. The third kappa shape index (κ3) is 3.42. The van der Waals surface area contributed by atoms with Crippen LogP contribution in [0.2, 0.25) is 0 Å². The van der Waals surface area contributed by atoms with Gasteiger partial charge in [-0.2, -0.15) is 0 Å². The Hall–Kier alpha value is -2.21. The van der Waals surface area contributed by atoms with E-state index < -0.39 is 0 Å². The Bertz CT molecular complexity index is 756. The smallest absolute Gasteiger partial charge is 0.261 e. The number of nitrogens with zero attached hydrogens (tertiary/aromatic N) is 3. The number of hydrogen-bond acceptors (Lipinski definition) is 4. The van der Waals surface area contributed by atoms with E-state index in [-0.39, 0.29) is 11.5 Å². The molecule has 0 bridgehead atoms. The number of aryl methyl sites for hydroxylation is 1. The molecular weight excluding hydrogens is 292 g/mol. The Kier molecular flexibility index (Phi) is 4.71. The molecule has 1 atom stereocenters. The van der Waals surface area contributed by atoms with Crippen molar-refractivity contribution in [1.82, 2.24) is 19.8 Å². The standard InChI is InChI=1S/C17H22N4O2/c1-18-10-13-6-8-20(11-13)16(22)7-9-21-12-19-15-5-3-2-4-14(15)17(21)23/h2-5,12-13,18H,6-11H2,1H3. The molecule has 0 spiro atoms. The molecule has 1 aromatic carbocycles. The van der Waals surface area contributed by atoms with Crippen molar-refractivity contribution >= 4 is 16.8 Å². The first-order valence-electron chi connectivity index (χ1n) is 8.05. The number of rotatable bonds is 5.